The molecule has 0 radical (unpaired) electrons. The third kappa shape index (κ3) is 4.57. The average molecular weight is 641 g/mol. The molecule has 3 aromatic heterocycles. The van der Waals surface area contributed by atoms with Crippen LogP contribution in [0.1, 0.15) is 91.6 Å². The zero-order chi connectivity index (χ0) is 32.8. The van der Waals surface area contributed by atoms with Crippen LogP contribution in [0.25, 0.3) is 11.2 Å². The van der Waals surface area contributed by atoms with Crippen molar-refractivity contribution >= 4 is 28.7 Å². The minimum Gasteiger partial charge on any atom is -0.504 e. The van der Waals surface area contributed by atoms with Crippen molar-refractivity contribution in [3.05, 3.63) is 45.0 Å². The Labute approximate surface area is 274 Å². The largest absolute Gasteiger partial charge is 0.504 e. The Morgan fingerprint density at radius 1 is 0.979 bits per heavy atom. The lowest BCUT2D eigenvalue weighted by atomic mass is 9.56. The topological polar surface area (TPSA) is 146 Å². The molecular formula is C35H44N8O4. The Hall–Kier alpha value is -4.09. The van der Waals surface area contributed by atoms with Crippen LogP contribution in [0.2, 0.25) is 0 Å². The number of nitrogens with one attached hydrogen (secondary N) is 1. The Morgan fingerprint density at radius 3 is 2.40 bits per heavy atom. The van der Waals surface area contributed by atoms with Gasteiger partial charge in [-0.25, -0.2) is 19.9 Å². The summed E-state index contributed by atoms with van der Waals surface area (Å²) in [5.74, 6) is 0.831. The molecule has 9 rings (SSSR count). The SMILES string of the molecule is CCc1c(N2CCN(C(=O)c3ncnc(C)c3O)[C@H]3CC[C@@H]32)c(=O)c2nc(C)c(C)nc2n1CC(=O)NC1CC2(C3CCC3)CC1C2. The summed E-state index contributed by atoms with van der Waals surface area (Å²) < 4.78 is 1.93. The molecule has 6 aliphatic rings. The van der Waals surface area contributed by atoms with Crippen molar-refractivity contribution in [3.63, 3.8) is 0 Å². The van der Waals surface area contributed by atoms with Gasteiger partial charge in [0.05, 0.1) is 23.1 Å². The molecule has 12 nitrogen and oxygen atoms in total. The van der Waals surface area contributed by atoms with Crippen molar-refractivity contribution in [2.24, 2.45) is 17.3 Å². The van der Waals surface area contributed by atoms with Gasteiger partial charge in [-0.2, -0.15) is 0 Å². The molecule has 5 saturated carbocycles. The number of pyridine rings is 1. The van der Waals surface area contributed by atoms with E-state index >= 15 is 0 Å². The molecule has 1 unspecified atom stereocenters. The van der Waals surface area contributed by atoms with E-state index in [-0.39, 0.29) is 58.9 Å². The average Bonchev–Trinajstić information content (AvgIpc) is 3.50. The Bertz CT molecular complexity index is 1860. The normalized spacial score (nSPS) is 28.0. The van der Waals surface area contributed by atoms with Crippen LogP contribution in [-0.4, -0.2) is 77.5 Å². The number of hydrogen-bond acceptors (Lipinski definition) is 9. The summed E-state index contributed by atoms with van der Waals surface area (Å²) in [6.07, 6.45) is 11.0. The Morgan fingerprint density at radius 2 is 1.72 bits per heavy atom. The van der Waals surface area contributed by atoms with Gasteiger partial charge in [0.25, 0.3) is 5.91 Å². The van der Waals surface area contributed by atoms with Gasteiger partial charge >= 0.3 is 0 Å². The van der Waals surface area contributed by atoms with Gasteiger partial charge in [0.2, 0.25) is 11.3 Å². The number of fused-ring (bicyclic) bond motifs is 3. The molecule has 3 atom stereocenters. The van der Waals surface area contributed by atoms with E-state index in [4.69, 9.17) is 9.97 Å². The van der Waals surface area contributed by atoms with Gasteiger partial charge in [-0.3, -0.25) is 14.4 Å². The molecule has 1 aliphatic heterocycles. The zero-order valence-corrected chi connectivity index (χ0v) is 27.8. The summed E-state index contributed by atoms with van der Waals surface area (Å²) in [5.41, 5.74) is 4.09. The predicted molar refractivity (Wildman–Crippen MR) is 175 cm³/mol. The summed E-state index contributed by atoms with van der Waals surface area (Å²) >= 11 is 0. The maximum atomic E-state index is 14.4. The number of amides is 2. The number of carbonyl (C=O) groups excluding carboxylic acids is 2. The van der Waals surface area contributed by atoms with Crippen LogP contribution in [0.5, 0.6) is 5.75 Å². The molecule has 0 aromatic carbocycles. The molecule has 12 heteroatoms. The van der Waals surface area contributed by atoms with Gasteiger partial charge < -0.3 is 24.8 Å². The maximum Gasteiger partial charge on any atom is 0.276 e. The molecule has 2 N–H and O–H groups in total. The van der Waals surface area contributed by atoms with E-state index in [0.717, 1.165) is 36.6 Å². The van der Waals surface area contributed by atoms with Crippen LogP contribution >= 0.6 is 0 Å². The van der Waals surface area contributed by atoms with Crippen molar-refractivity contribution in [2.75, 3.05) is 18.0 Å². The Kier molecular flexibility index (Phi) is 7.07. The van der Waals surface area contributed by atoms with Crippen LogP contribution in [-0.2, 0) is 17.8 Å². The van der Waals surface area contributed by atoms with E-state index in [2.05, 4.69) is 20.2 Å². The lowest BCUT2D eigenvalue weighted by Crippen LogP contribution is -2.67. The predicted octanol–water partition coefficient (Wildman–Crippen LogP) is 3.35. The third-order valence-electron chi connectivity index (χ3n) is 12.4. The minimum atomic E-state index is -0.327. The summed E-state index contributed by atoms with van der Waals surface area (Å²) in [6, 6.07) is 0.000891. The van der Waals surface area contributed by atoms with Gasteiger partial charge in [0.15, 0.2) is 22.6 Å². The Balaban J connectivity index is 1.12. The van der Waals surface area contributed by atoms with Crippen LogP contribution in [0.15, 0.2) is 11.1 Å². The fraction of sp³-hybridized carbons (Fsp3) is 0.629. The smallest absolute Gasteiger partial charge is 0.276 e. The number of aromatic nitrogens is 5. The van der Waals surface area contributed by atoms with Crippen molar-refractivity contribution in [3.8, 4) is 5.75 Å². The fourth-order valence-corrected chi connectivity index (χ4v) is 9.41. The molecule has 0 spiro atoms. The van der Waals surface area contributed by atoms with Crippen molar-refractivity contribution in [1.82, 2.24) is 34.7 Å². The first-order chi connectivity index (χ1) is 22.6. The molecule has 3 aromatic rings. The second-order valence-corrected chi connectivity index (χ2v) is 14.7. The highest BCUT2D eigenvalue weighted by atomic mass is 16.3. The minimum absolute atomic E-state index is 0.00410. The second kappa shape index (κ2) is 11.0. The number of anilines is 1. The van der Waals surface area contributed by atoms with Gasteiger partial charge in [-0.15, -0.1) is 0 Å². The standard InChI is InChI=1S/C35H44N8O4/c1-5-24-30(41-11-12-42(26-10-9-25(26)41)34(47)29-31(45)20(4)36-17-37-29)32(46)28-33(39-19(3)18(2)38-28)43(24)16-27(44)40-23-15-35(13-21(23)14-35)22-7-6-8-22/h17,21-23,25-26,45H,5-16H2,1-4H3,(H,40,44)/t21?,23?,25-,26-,35?/m0/s1. The molecule has 47 heavy (non-hydrogen) atoms. The van der Waals surface area contributed by atoms with Crippen LogP contribution in [0, 0.1) is 38.0 Å². The van der Waals surface area contributed by atoms with Gasteiger partial charge in [-0.1, -0.05) is 13.3 Å². The van der Waals surface area contributed by atoms with Crippen molar-refractivity contribution in [1.29, 1.82) is 0 Å². The number of nitrogens with zero attached hydrogens (tertiary/aromatic N) is 7. The van der Waals surface area contributed by atoms with Crippen LogP contribution < -0.4 is 15.6 Å². The summed E-state index contributed by atoms with van der Waals surface area (Å²) in [6.45, 7) is 8.27. The highest BCUT2D eigenvalue weighted by Gasteiger charge is 2.60. The molecule has 2 amide bonds. The summed E-state index contributed by atoms with van der Waals surface area (Å²) in [7, 11) is 0. The van der Waals surface area contributed by atoms with E-state index in [0.29, 0.717) is 53.6 Å². The fourth-order valence-electron chi connectivity index (χ4n) is 9.41. The molecule has 5 aliphatic carbocycles. The zero-order valence-electron chi connectivity index (χ0n) is 27.8. The van der Waals surface area contributed by atoms with Gasteiger partial charge in [0.1, 0.15) is 18.6 Å². The maximum absolute atomic E-state index is 14.4. The lowest BCUT2D eigenvalue weighted by molar-refractivity contribution is -0.122. The first kappa shape index (κ1) is 30.3. The van der Waals surface area contributed by atoms with Crippen LogP contribution in [0.4, 0.5) is 5.69 Å². The molecule has 248 valence electrons. The van der Waals surface area contributed by atoms with E-state index in [1.165, 1.54) is 38.4 Å². The van der Waals surface area contributed by atoms with Gasteiger partial charge in [0, 0.05) is 30.9 Å². The molecule has 2 bridgehead atoms. The van der Waals surface area contributed by atoms with E-state index in [1.54, 1.807) is 11.8 Å². The second-order valence-electron chi connectivity index (χ2n) is 14.7. The van der Waals surface area contributed by atoms with Crippen molar-refractivity contribution in [2.45, 2.75) is 110 Å². The monoisotopic (exact) mass is 640 g/mol. The van der Waals surface area contributed by atoms with Crippen LogP contribution in [0.3, 0.4) is 0 Å². The first-order valence-corrected chi connectivity index (χ1v) is 17.4. The third-order valence-corrected chi connectivity index (χ3v) is 12.4. The number of carbonyl (C=O) groups is 2. The number of piperazine rings is 1. The molecule has 1 saturated heterocycles. The number of hydrogen-bond donors (Lipinski definition) is 2. The quantitative estimate of drug-likeness (QED) is 0.397. The van der Waals surface area contributed by atoms with Gasteiger partial charge in [-0.05, 0) is 89.4 Å². The summed E-state index contributed by atoms with van der Waals surface area (Å²) in [5, 5.41) is 13.9. The number of aryl methyl sites for hydroxylation is 3. The summed E-state index contributed by atoms with van der Waals surface area (Å²) in [4.78, 5) is 63.4. The lowest BCUT2D eigenvalue weighted by Gasteiger charge is -2.54. The highest BCUT2D eigenvalue weighted by molar-refractivity contribution is 5.95. The molecular weight excluding hydrogens is 596 g/mol. The first-order valence-electron chi connectivity index (χ1n) is 17.4. The molecule has 4 heterocycles. The van der Waals surface area contributed by atoms with E-state index in [9.17, 15) is 19.5 Å². The number of rotatable bonds is 7. The highest BCUT2D eigenvalue weighted by Crippen LogP contribution is 2.66. The van der Waals surface area contributed by atoms with E-state index < -0.39 is 0 Å². The van der Waals surface area contributed by atoms with E-state index in [1.807, 2.05) is 25.3 Å². The molecule has 6 fully saturated rings. The van der Waals surface area contributed by atoms with Crippen molar-refractivity contribution < 1.29 is 14.7 Å². The number of aromatic hydroxyl groups is 1.